The quantitative estimate of drug-likeness (QED) is 0.0325. The van der Waals surface area contributed by atoms with E-state index in [1.807, 2.05) is 0 Å². The third-order valence-corrected chi connectivity index (χ3v) is 16.7. The molecule has 2 unspecified atom stereocenters. The third kappa shape index (κ3) is 90.9. The Morgan fingerprint density at radius 3 is 0.688 bits per heavy atom. The number of hydrogen-bond donors (Lipinski definition) is 2. The molecule has 0 aliphatic rings. The van der Waals surface area contributed by atoms with Crippen LogP contribution in [-0.2, 0) is 123 Å². The first kappa shape index (κ1) is 107. The lowest BCUT2D eigenvalue weighted by Gasteiger charge is -2.21. The van der Waals surface area contributed by atoms with Crippen LogP contribution < -0.4 is 0 Å². The summed E-state index contributed by atoms with van der Waals surface area (Å²) in [7, 11) is 0. The number of carbonyl (C=O) groups is 3. The molecular weight excluding hydrogens is 1420 g/mol. The standard InChI is InChI=1S/C81H158O28/c1-3-5-7-9-11-13-15-17-19-21-23-25-27-29-33-80(85)109-77(74-107-79(84)32-28-26-24-22-20-18-16-14-12-10-8-6-4-2)75-108-81(86)78(106-73-72-104-69-68-102-65-64-100-61-60-98-57-56-96-53-51-94-49-47-92-45-43-90-41-39-88-37-31-35-83)76-105-71-70-103-67-66-101-63-62-99-59-58-97-55-54-95-52-50-93-48-46-91-44-42-89-40-38-87-36-30-34-82/h77-78,82-83H,3-76H2,1-2H3. The molecule has 0 radical (unpaired) electrons. The van der Waals surface area contributed by atoms with Crippen LogP contribution in [0.25, 0.3) is 0 Å². The Balaban J connectivity index is 4.93. The maximum Gasteiger partial charge on any atom is 0.337 e. The zero-order chi connectivity index (χ0) is 78.5. The van der Waals surface area contributed by atoms with Crippen molar-refractivity contribution >= 4 is 17.9 Å². The molecule has 0 aromatic rings. The highest BCUT2D eigenvalue weighted by molar-refractivity contribution is 5.75. The number of esters is 3. The fourth-order valence-electron chi connectivity index (χ4n) is 10.4. The van der Waals surface area contributed by atoms with Crippen LogP contribution in [0, 0.1) is 0 Å². The average Bonchev–Trinajstić information content (AvgIpc) is 0.932. The average molecular weight is 1580 g/mol. The Bertz CT molecular complexity index is 1740. The number of rotatable bonds is 98. The molecule has 650 valence electrons. The van der Waals surface area contributed by atoms with Gasteiger partial charge in [-0.25, -0.2) is 4.79 Å². The SMILES string of the molecule is CCCCCCCCCCCCCCCCC(=O)OC(COC(=O)CCCCCCCCCCCCCCC)COC(=O)C(COCCOCCOCCOCCOCCOCCOCCOCCOCCOCCCO)OCCOCCOCCOCCOCCOCCOCCOCCOCCOCCCO. The van der Waals surface area contributed by atoms with E-state index in [1.54, 1.807) is 0 Å². The molecule has 2 atom stereocenters. The van der Waals surface area contributed by atoms with Gasteiger partial charge in [0.15, 0.2) is 12.2 Å². The molecule has 28 nitrogen and oxygen atoms in total. The van der Waals surface area contributed by atoms with E-state index in [1.165, 1.54) is 122 Å². The van der Waals surface area contributed by atoms with Crippen LogP contribution in [0.5, 0.6) is 0 Å². The number of ether oxygens (including phenoxy) is 23. The lowest BCUT2D eigenvalue weighted by Crippen LogP contribution is -2.37. The van der Waals surface area contributed by atoms with Crippen molar-refractivity contribution in [2.45, 2.75) is 225 Å². The number of unbranched alkanes of at least 4 members (excludes halogenated alkanes) is 25. The minimum atomic E-state index is -1.16. The molecular formula is C81H158O28. The van der Waals surface area contributed by atoms with Crippen molar-refractivity contribution in [3.05, 3.63) is 0 Å². The van der Waals surface area contributed by atoms with Gasteiger partial charge in [-0.3, -0.25) is 9.59 Å². The smallest absolute Gasteiger partial charge is 0.337 e. The van der Waals surface area contributed by atoms with E-state index >= 15 is 0 Å². The van der Waals surface area contributed by atoms with Gasteiger partial charge in [0.25, 0.3) is 0 Å². The van der Waals surface area contributed by atoms with E-state index in [4.69, 9.17) is 119 Å². The molecule has 0 bridgehead atoms. The molecule has 109 heavy (non-hydrogen) atoms. The van der Waals surface area contributed by atoms with Gasteiger partial charge >= 0.3 is 17.9 Å². The molecule has 0 aromatic carbocycles. The maximum absolute atomic E-state index is 13.8. The summed E-state index contributed by atoms with van der Waals surface area (Å²) in [4.78, 5) is 40.0. The molecule has 0 saturated carbocycles. The van der Waals surface area contributed by atoms with E-state index in [0.29, 0.717) is 244 Å². The van der Waals surface area contributed by atoms with Crippen LogP contribution in [0.2, 0.25) is 0 Å². The van der Waals surface area contributed by atoms with Gasteiger partial charge in [0.05, 0.1) is 244 Å². The van der Waals surface area contributed by atoms with Gasteiger partial charge in [-0.1, -0.05) is 174 Å². The van der Waals surface area contributed by atoms with E-state index in [9.17, 15) is 14.4 Å². The summed E-state index contributed by atoms with van der Waals surface area (Å²) < 4.78 is 129. The van der Waals surface area contributed by atoms with Crippen molar-refractivity contribution in [2.24, 2.45) is 0 Å². The second-order valence-electron chi connectivity index (χ2n) is 26.4. The van der Waals surface area contributed by atoms with Crippen LogP contribution in [-0.4, -0.2) is 324 Å². The summed E-state index contributed by atoms with van der Waals surface area (Å²) in [6.07, 6.45) is 31.9. The number of carbonyl (C=O) groups excluding carboxylic acids is 3. The lowest BCUT2D eigenvalue weighted by molar-refractivity contribution is -0.174. The Hall–Kier alpha value is -2.47. The fraction of sp³-hybridized carbons (Fsp3) is 0.963. The van der Waals surface area contributed by atoms with Crippen LogP contribution in [0.15, 0.2) is 0 Å². The Morgan fingerprint density at radius 1 is 0.220 bits per heavy atom. The third-order valence-electron chi connectivity index (χ3n) is 16.7. The first-order valence-electron chi connectivity index (χ1n) is 42.3. The van der Waals surface area contributed by atoms with Crippen LogP contribution in [0.3, 0.4) is 0 Å². The van der Waals surface area contributed by atoms with Crippen LogP contribution in [0.1, 0.15) is 213 Å². The van der Waals surface area contributed by atoms with Crippen molar-refractivity contribution in [3.63, 3.8) is 0 Å². The zero-order valence-electron chi connectivity index (χ0n) is 68.5. The fourth-order valence-corrected chi connectivity index (χ4v) is 10.4. The lowest BCUT2D eigenvalue weighted by atomic mass is 10.0. The van der Waals surface area contributed by atoms with Crippen molar-refractivity contribution in [3.8, 4) is 0 Å². The highest BCUT2D eigenvalue weighted by Crippen LogP contribution is 2.16. The van der Waals surface area contributed by atoms with Gasteiger partial charge in [-0.2, -0.15) is 0 Å². The Labute approximate surface area is 658 Å². The molecule has 0 fully saturated rings. The Morgan fingerprint density at radius 2 is 0.431 bits per heavy atom. The molecule has 0 saturated heterocycles. The van der Waals surface area contributed by atoms with Gasteiger partial charge in [0.2, 0.25) is 0 Å². The largest absolute Gasteiger partial charge is 0.462 e. The molecule has 0 heterocycles. The summed E-state index contributed by atoms with van der Waals surface area (Å²) in [5.74, 6) is -1.55. The molecule has 28 heteroatoms. The second kappa shape index (κ2) is 96.1. The van der Waals surface area contributed by atoms with Crippen molar-refractivity contribution in [1.82, 2.24) is 0 Å². The molecule has 0 rings (SSSR count). The van der Waals surface area contributed by atoms with E-state index in [-0.39, 0.29) is 84.9 Å². The van der Waals surface area contributed by atoms with Crippen molar-refractivity contribution in [2.75, 3.05) is 284 Å². The highest BCUT2D eigenvalue weighted by Gasteiger charge is 2.25. The summed E-state index contributed by atoms with van der Waals surface area (Å²) >= 11 is 0. The molecule has 0 aliphatic carbocycles. The van der Waals surface area contributed by atoms with Crippen molar-refractivity contribution in [1.29, 1.82) is 0 Å². The number of aliphatic hydroxyl groups excluding tert-OH is 2. The minimum absolute atomic E-state index is 0.0385. The summed E-state index contributed by atoms with van der Waals surface area (Å²) in [5, 5.41) is 17.5. The van der Waals surface area contributed by atoms with Crippen LogP contribution in [0.4, 0.5) is 0 Å². The maximum atomic E-state index is 13.8. The monoisotopic (exact) mass is 1580 g/mol. The van der Waals surface area contributed by atoms with Gasteiger partial charge in [-0.05, 0) is 25.7 Å². The molecule has 0 aliphatic heterocycles. The number of aliphatic hydroxyl groups is 2. The summed E-state index contributed by atoms with van der Waals surface area (Å²) in [5.41, 5.74) is 0. The molecule has 2 N–H and O–H groups in total. The van der Waals surface area contributed by atoms with Crippen molar-refractivity contribution < 1.29 is 134 Å². The van der Waals surface area contributed by atoms with E-state index < -0.39 is 24.1 Å². The summed E-state index contributed by atoms with van der Waals surface area (Å²) in [6.45, 7) is 19.5. The van der Waals surface area contributed by atoms with Gasteiger partial charge < -0.3 is 119 Å². The first-order valence-corrected chi connectivity index (χ1v) is 42.3. The summed E-state index contributed by atoms with van der Waals surface area (Å²) in [6, 6.07) is 0. The second-order valence-corrected chi connectivity index (χ2v) is 26.4. The minimum Gasteiger partial charge on any atom is -0.462 e. The normalized spacial score (nSPS) is 12.2. The van der Waals surface area contributed by atoms with Gasteiger partial charge in [-0.15, -0.1) is 0 Å². The predicted octanol–water partition coefficient (Wildman–Crippen LogP) is 10.8. The zero-order valence-corrected chi connectivity index (χ0v) is 68.5. The Kier molecular flexibility index (Phi) is 93.9. The number of hydrogen-bond acceptors (Lipinski definition) is 28. The van der Waals surface area contributed by atoms with Crippen LogP contribution >= 0.6 is 0 Å². The predicted molar refractivity (Wildman–Crippen MR) is 416 cm³/mol. The highest BCUT2D eigenvalue weighted by atomic mass is 16.6. The molecule has 0 aromatic heterocycles. The molecule has 0 amide bonds. The first-order chi connectivity index (χ1) is 54.0. The van der Waals surface area contributed by atoms with Gasteiger partial charge in [0.1, 0.15) is 13.2 Å². The van der Waals surface area contributed by atoms with Gasteiger partial charge in [0, 0.05) is 39.3 Å². The topological polar surface area (TPSA) is 304 Å². The van der Waals surface area contributed by atoms with E-state index in [0.717, 1.165) is 38.5 Å². The van der Waals surface area contributed by atoms with E-state index in [2.05, 4.69) is 13.8 Å². The molecule has 0 spiro atoms.